The monoisotopic (exact) mass is 348 g/mol. The molecule has 1 aliphatic heterocycles. The van der Waals surface area contributed by atoms with E-state index < -0.39 is 0 Å². The predicted octanol–water partition coefficient (Wildman–Crippen LogP) is 2.17. The number of thioether (sulfide) groups is 1. The van der Waals surface area contributed by atoms with Crippen LogP contribution in [-0.2, 0) is 16.0 Å². The number of carbonyl (C=O) groups is 2. The number of rotatable bonds is 5. The van der Waals surface area contributed by atoms with Crippen molar-refractivity contribution in [2.45, 2.75) is 19.4 Å². The molecule has 1 saturated heterocycles. The number of likely N-dealkylation sites (N-methyl/N-ethyl adjacent to an activating group) is 1. The van der Waals surface area contributed by atoms with Crippen molar-refractivity contribution < 1.29 is 14.3 Å². The maximum absolute atomic E-state index is 12.6. The van der Waals surface area contributed by atoms with E-state index in [4.69, 9.17) is 4.74 Å². The minimum absolute atomic E-state index is 0.0240. The molecule has 0 spiro atoms. The topological polar surface area (TPSA) is 49.9 Å². The first-order valence-electron chi connectivity index (χ1n) is 7.82. The Kier molecular flexibility index (Phi) is 6.31. The molecule has 1 aromatic rings. The van der Waals surface area contributed by atoms with Gasteiger partial charge in [0.1, 0.15) is 11.8 Å². The van der Waals surface area contributed by atoms with Gasteiger partial charge in [0, 0.05) is 25.9 Å². The van der Waals surface area contributed by atoms with E-state index in [9.17, 15) is 9.59 Å². The van der Waals surface area contributed by atoms with Gasteiger partial charge in [-0.1, -0.05) is 23.8 Å². The van der Waals surface area contributed by atoms with Gasteiger partial charge in [-0.3, -0.25) is 9.59 Å². The summed E-state index contributed by atoms with van der Waals surface area (Å²) in [6.07, 6.45) is 2.28. The number of allylic oxidation sites excluding steroid dienone is 1. The van der Waals surface area contributed by atoms with E-state index in [2.05, 4.69) is 0 Å². The fourth-order valence-electron chi connectivity index (χ4n) is 2.66. The van der Waals surface area contributed by atoms with Gasteiger partial charge in [0.25, 0.3) is 0 Å². The van der Waals surface area contributed by atoms with Crippen molar-refractivity contribution in [3.05, 3.63) is 41.5 Å². The summed E-state index contributed by atoms with van der Waals surface area (Å²) in [7, 11) is 5.08. The summed E-state index contributed by atoms with van der Waals surface area (Å²) in [5.74, 6) is 1.90. The average Bonchev–Trinajstić information content (AvgIpc) is 3.04. The lowest BCUT2D eigenvalue weighted by atomic mass is 10.0. The van der Waals surface area contributed by atoms with Crippen molar-refractivity contribution in [2.75, 3.05) is 32.8 Å². The van der Waals surface area contributed by atoms with E-state index in [0.717, 1.165) is 16.9 Å². The molecule has 0 saturated carbocycles. The average molecular weight is 348 g/mol. The normalized spacial score (nSPS) is 17.8. The minimum Gasteiger partial charge on any atom is -0.496 e. The Morgan fingerprint density at radius 1 is 1.38 bits per heavy atom. The van der Waals surface area contributed by atoms with Gasteiger partial charge in [-0.15, -0.1) is 11.8 Å². The first kappa shape index (κ1) is 18.4. The third-order valence-corrected chi connectivity index (χ3v) is 4.94. The van der Waals surface area contributed by atoms with Crippen molar-refractivity contribution in [1.82, 2.24) is 9.80 Å². The SMILES string of the molecule is COc1ccccc1C/C(C)=C/C(=O)N1CSCC1C(=O)N(C)C. The molecule has 1 fully saturated rings. The number of carbonyl (C=O) groups excluding carboxylic acids is 2. The van der Waals surface area contributed by atoms with Crippen molar-refractivity contribution >= 4 is 23.6 Å². The van der Waals surface area contributed by atoms with Gasteiger partial charge < -0.3 is 14.5 Å². The second-order valence-electron chi connectivity index (χ2n) is 6.04. The highest BCUT2D eigenvalue weighted by Crippen LogP contribution is 2.24. The number of amides is 2. The van der Waals surface area contributed by atoms with Gasteiger partial charge in [-0.05, 0) is 25.0 Å². The zero-order valence-corrected chi connectivity index (χ0v) is 15.4. The minimum atomic E-state index is -0.368. The highest BCUT2D eigenvalue weighted by atomic mass is 32.2. The van der Waals surface area contributed by atoms with Gasteiger partial charge in [-0.25, -0.2) is 0 Å². The van der Waals surface area contributed by atoms with Crippen LogP contribution in [0.25, 0.3) is 0 Å². The number of hydrogen-bond donors (Lipinski definition) is 0. The quantitative estimate of drug-likeness (QED) is 0.765. The van der Waals surface area contributed by atoms with Crippen LogP contribution >= 0.6 is 11.8 Å². The lowest BCUT2D eigenvalue weighted by molar-refractivity contribution is -0.139. The highest BCUT2D eigenvalue weighted by Gasteiger charge is 2.34. The first-order chi connectivity index (χ1) is 11.4. The second kappa shape index (κ2) is 8.24. The third-order valence-electron chi connectivity index (χ3n) is 3.92. The number of nitrogens with zero attached hydrogens (tertiary/aromatic N) is 2. The molecular weight excluding hydrogens is 324 g/mol. The van der Waals surface area contributed by atoms with Gasteiger partial charge in [0.2, 0.25) is 11.8 Å². The molecule has 1 heterocycles. The van der Waals surface area contributed by atoms with Crippen LogP contribution in [0.3, 0.4) is 0 Å². The summed E-state index contributed by atoms with van der Waals surface area (Å²) < 4.78 is 5.35. The predicted molar refractivity (Wildman–Crippen MR) is 97.1 cm³/mol. The fraction of sp³-hybridized carbons (Fsp3) is 0.444. The standard InChI is InChI=1S/C18H24N2O3S/c1-13(9-14-7-5-6-8-16(14)23-4)10-17(21)20-12-24-11-15(20)18(22)19(2)3/h5-8,10,15H,9,11-12H2,1-4H3/b13-10+. The smallest absolute Gasteiger partial charge is 0.247 e. The van der Waals surface area contributed by atoms with Crippen LogP contribution < -0.4 is 4.74 Å². The number of para-hydroxylation sites is 1. The van der Waals surface area contributed by atoms with Crippen LogP contribution in [-0.4, -0.2) is 60.5 Å². The maximum atomic E-state index is 12.6. The third kappa shape index (κ3) is 4.32. The molecule has 0 aromatic heterocycles. The number of ether oxygens (including phenoxy) is 1. The number of methoxy groups -OCH3 is 1. The van der Waals surface area contributed by atoms with E-state index in [1.54, 1.807) is 48.8 Å². The molecule has 1 atom stereocenters. The van der Waals surface area contributed by atoms with Crippen molar-refractivity contribution in [3.8, 4) is 5.75 Å². The Bertz CT molecular complexity index is 643. The van der Waals surface area contributed by atoms with Crippen molar-refractivity contribution in [3.63, 3.8) is 0 Å². The van der Waals surface area contributed by atoms with E-state index in [1.165, 1.54) is 0 Å². The number of hydrogen-bond acceptors (Lipinski definition) is 4. The molecule has 0 N–H and O–H groups in total. The lowest BCUT2D eigenvalue weighted by Gasteiger charge is -2.24. The Morgan fingerprint density at radius 3 is 2.75 bits per heavy atom. The highest BCUT2D eigenvalue weighted by molar-refractivity contribution is 7.99. The van der Waals surface area contributed by atoms with E-state index in [1.807, 2.05) is 31.2 Å². The first-order valence-corrected chi connectivity index (χ1v) is 8.98. The molecule has 0 bridgehead atoms. The summed E-state index contributed by atoms with van der Waals surface area (Å²) in [5, 5.41) is 0. The van der Waals surface area contributed by atoms with E-state index >= 15 is 0 Å². The molecule has 1 unspecified atom stereocenters. The van der Waals surface area contributed by atoms with Crippen LogP contribution in [0.1, 0.15) is 12.5 Å². The Morgan fingerprint density at radius 2 is 2.08 bits per heavy atom. The fourth-order valence-corrected chi connectivity index (χ4v) is 3.81. The lowest BCUT2D eigenvalue weighted by Crippen LogP contribution is -2.46. The molecular formula is C18H24N2O3S. The molecule has 0 radical (unpaired) electrons. The molecule has 5 nitrogen and oxygen atoms in total. The molecule has 24 heavy (non-hydrogen) atoms. The molecule has 1 aliphatic rings. The molecule has 0 aliphatic carbocycles. The van der Waals surface area contributed by atoms with Crippen molar-refractivity contribution in [1.29, 1.82) is 0 Å². The molecule has 2 amide bonds. The molecule has 2 rings (SSSR count). The van der Waals surface area contributed by atoms with Gasteiger partial charge >= 0.3 is 0 Å². The van der Waals surface area contributed by atoms with Crippen LogP contribution in [0, 0.1) is 0 Å². The van der Waals surface area contributed by atoms with Crippen LogP contribution in [0.4, 0.5) is 0 Å². The largest absolute Gasteiger partial charge is 0.496 e. The second-order valence-corrected chi connectivity index (χ2v) is 7.04. The summed E-state index contributed by atoms with van der Waals surface area (Å²) in [5.41, 5.74) is 1.98. The van der Waals surface area contributed by atoms with Gasteiger partial charge in [-0.2, -0.15) is 0 Å². The summed E-state index contributed by atoms with van der Waals surface area (Å²) in [4.78, 5) is 28.0. The van der Waals surface area contributed by atoms with Gasteiger partial charge in [0.15, 0.2) is 0 Å². The maximum Gasteiger partial charge on any atom is 0.247 e. The molecule has 1 aromatic carbocycles. The zero-order chi connectivity index (χ0) is 17.7. The Balaban J connectivity index is 2.09. The Hall–Kier alpha value is -1.95. The molecule has 6 heteroatoms. The summed E-state index contributed by atoms with van der Waals surface area (Å²) >= 11 is 1.61. The van der Waals surface area contributed by atoms with Crippen LogP contribution in [0.2, 0.25) is 0 Å². The number of benzene rings is 1. The van der Waals surface area contributed by atoms with Crippen LogP contribution in [0.5, 0.6) is 5.75 Å². The Labute approximate surface area is 147 Å². The van der Waals surface area contributed by atoms with Crippen LogP contribution in [0.15, 0.2) is 35.9 Å². The summed E-state index contributed by atoms with van der Waals surface area (Å²) in [6, 6.07) is 7.41. The van der Waals surface area contributed by atoms with Crippen molar-refractivity contribution in [2.24, 2.45) is 0 Å². The van der Waals surface area contributed by atoms with E-state index in [-0.39, 0.29) is 17.9 Å². The summed E-state index contributed by atoms with van der Waals surface area (Å²) in [6.45, 7) is 1.93. The van der Waals surface area contributed by atoms with E-state index in [0.29, 0.717) is 18.1 Å². The molecule has 130 valence electrons. The van der Waals surface area contributed by atoms with Gasteiger partial charge in [0.05, 0.1) is 13.0 Å². The zero-order valence-electron chi connectivity index (χ0n) is 14.6.